The smallest absolute Gasteiger partial charge is 0.289 e. The summed E-state index contributed by atoms with van der Waals surface area (Å²) in [5.41, 5.74) is -0.557. The van der Waals surface area contributed by atoms with Gasteiger partial charge in [-0.2, -0.15) is 0 Å². The maximum Gasteiger partial charge on any atom is 0.289 e. The van der Waals surface area contributed by atoms with Gasteiger partial charge in [0.2, 0.25) is 10.0 Å². The highest BCUT2D eigenvalue weighted by molar-refractivity contribution is 7.89. The molecule has 0 atom stereocenters. The lowest BCUT2D eigenvalue weighted by Crippen LogP contribution is -3.23. The molecule has 3 rings (SSSR count). The average molecular weight is 419 g/mol. The molecule has 2 N–H and O–H groups in total. The van der Waals surface area contributed by atoms with Gasteiger partial charge < -0.3 is 9.64 Å². The second kappa shape index (κ2) is 8.40. The molecule has 27 heavy (non-hydrogen) atoms. The number of ether oxygens (including phenoxy) is 1. The van der Waals surface area contributed by atoms with E-state index in [2.05, 4.69) is 4.72 Å². The molecule has 0 bridgehead atoms. The van der Waals surface area contributed by atoms with Gasteiger partial charge in [-0.3, -0.25) is 10.1 Å². The van der Waals surface area contributed by atoms with Gasteiger partial charge in [0.1, 0.15) is 23.7 Å². The highest BCUT2D eigenvalue weighted by Crippen LogP contribution is 2.28. The van der Waals surface area contributed by atoms with Gasteiger partial charge in [0.15, 0.2) is 0 Å². The largest absolute Gasteiger partial charge is 0.370 e. The van der Waals surface area contributed by atoms with E-state index < -0.39 is 20.6 Å². The number of morpholine rings is 1. The van der Waals surface area contributed by atoms with Crippen LogP contribution in [0.25, 0.3) is 0 Å². The third-order valence-corrected chi connectivity index (χ3v) is 7.40. The van der Waals surface area contributed by atoms with Crippen molar-refractivity contribution in [1.29, 1.82) is 0 Å². The lowest BCUT2D eigenvalue weighted by Gasteiger charge is -2.44. The molecular weight excluding hydrogens is 394 g/mol. The molecule has 1 aliphatic heterocycles. The van der Waals surface area contributed by atoms with Gasteiger partial charge in [-0.15, -0.1) is 0 Å². The molecule has 2 aliphatic rings. The fourth-order valence-corrected chi connectivity index (χ4v) is 5.48. The van der Waals surface area contributed by atoms with E-state index in [-0.39, 0.29) is 15.5 Å². The van der Waals surface area contributed by atoms with Gasteiger partial charge in [-0.1, -0.05) is 18.0 Å². The molecule has 1 aromatic rings. The van der Waals surface area contributed by atoms with Gasteiger partial charge in [0, 0.05) is 18.9 Å². The quantitative estimate of drug-likeness (QED) is 0.532. The number of nitrogens with zero attached hydrogens (tertiary/aromatic N) is 1. The first-order chi connectivity index (χ1) is 12.8. The Labute approximate surface area is 164 Å². The van der Waals surface area contributed by atoms with Crippen molar-refractivity contribution in [3.63, 3.8) is 0 Å². The number of benzene rings is 1. The van der Waals surface area contributed by atoms with E-state index in [9.17, 15) is 18.5 Å². The zero-order chi connectivity index (χ0) is 19.5. The summed E-state index contributed by atoms with van der Waals surface area (Å²) in [4.78, 5) is 11.6. The summed E-state index contributed by atoms with van der Waals surface area (Å²) in [7, 11) is -3.87. The first-order valence-electron chi connectivity index (χ1n) is 9.21. The van der Waals surface area contributed by atoms with E-state index in [4.69, 9.17) is 16.3 Å². The average Bonchev–Trinajstić information content (AvgIpc) is 2.68. The van der Waals surface area contributed by atoms with Crippen LogP contribution in [-0.2, 0) is 14.8 Å². The van der Waals surface area contributed by atoms with Crippen LogP contribution in [0.3, 0.4) is 0 Å². The van der Waals surface area contributed by atoms with E-state index in [1.807, 2.05) is 0 Å². The number of hydrogen-bond donors (Lipinski definition) is 2. The molecule has 1 saturated heterocycles. The molecular formula is C17H25ClN3O5S+. The van der Waals surface area contributed by atoms with Crippen molar-refractivity contribution < 1.29 is 23.0 Å². The predicted molar refractivity (Wildman–Crippen MR) is 101 cm³/mol. The first kappa shape index (κ1) is 20.5. The third kappa shape index (κ3) is 4.60. The maximum absolute atomic E-state index is 12.8. The number of rotatable bonds is 6. The van der Waals surface area contributed by atoms with Crippen molar-refractivity contribution in [2.45, 2.75) is 42.5 Å². The predicted octanol–water partition coefficient (Wildman–Crippen LogP) is 1.14. The van der Waals surface area contributed by atoms with Crippen molar-refractivity contribution in [3.8, 4) is 0 Å². The molecule has 0 aromatic heterocycles. The van der Waals surface area contributed by atoms with Crippen molar-refractivity contribution in [1.82, 2.24) is 4.72 Å². The number of quaternary nitrogens is 1. The van der Waals surface area contributed by atoms with Gasteiger partial charge >= 0.3 is 0 Å². The summed E-state index contributed by atoms with van der Waals surface area (Å²) in [5.74, 6) is 0. The second-order valence-electron chi connectivity index (χ2n) is 7.25. The molecule has 0 spiro atoms. The van der Waals surface area contributed by atoms with E-state index in [0.29, 0.717) is 19.8 Å². The minimum absolute atomic E-state index is 0.0829. The molecule has 1 aliphatic carbocycles. The molecule has 2 fully saturated rings. The van der Waals surface area contributed by atoms with E-state index >= 15 is 0 Å². The topological polar surface area (TPSA) is 103 Å². The number of sulfonamides is 1. The molecule has 0 unspecified atom stereocenters. The van der Waals surface area contributed by atoms with Crippen LogP contribution in [0, 0.1) is 10.1 Å². The highest BCUT2D eigenvalue weighted by atomic mass is 35.5. The summed E-state index contributed by atoms with van der Waals surface area (Å²) >= 11 is 5.79. The highest BCUT2D eigenvalue weighted by Gasteiger charge is 2.43. The third-order valence-electron chi connectivity index (χ3n) is 5.68. The van der Waals surface area contributed by atoms with Crippen LogP contribution in [0.2, 0.25) is 5.02 Å². The zero-order valence-corrected chi connectivity index (χ0v) is 16.7. The number of nitro benzene ring substituents is 1. The fraction of sp³-hybridized carbons (Fsp3) is 0.647. The number of nitro groups is 1. The summed E-state index contributed by atoms with van der Waals surface area (Å²) < 4.78 is 33.7. The van der Waals surface area contributed by atoms with E-state index in [1.165, 1.54) is 23.5 Å². The Morgan fingerprint density at radius 2 is 1.89 bits per heavy atom. The molecule has 1 heterocycles. The van der Waals surface area contributed by atoms with Gasteiger partial charge in [-0.05, 0) is 25.0 Å². The Balaban J connectivity index is 1.80. The standard InChI is InChI=1S/C17H24ClN3O5S/c18-15-5-4-14(12-16(15)21(22)23)27(24,25)19-13-17(6-2-1-3-7-17)20-8-10-26-11-9-20/h4-5,12,19H,1-3,6-11,13H2/p+1. The van der Waals surface area contributed by atoms with Crippen molar-refractivity contribution in [3.05, 3.63) is 33.3 Å². The first-order valence-corrected chi connectivity index (χ1v) is 11.1. The Kier molecular flexibility index (Phi) is 6.37. The summed E-state index contributed by atoms with van der Waals surface area (Å²) in [6, 6.07) is 3.56. The molecule has 10 heteroatoms. The maximum atomic E-state index is 12.8. The second-order valence-corrected chi connectivity index (χ2v) is 9.43. The summed E-state index contributed by atoms with van der Waals surface area (Å²) in [6.07, 6.45) is 5.26. The molecule has 1 saturated carbocycles. The van der Waals surface area contributed by atoms with Crippen molar-refractivity contribution >= 4 is 27.3 Å². The van der Waals surface area contributed by atoms with Crippen LogP contribution in [0.5, 0.6) is 0 Å². The molecule has 0 radical (unpaired) electrons. The number of hydrogen-bond acceptors (Lipinski definition) is 5. The van der Waals surface area contributed by atoms with Crippen LogP contribution in [0.1, 0.15) is 32.1 Å². The van der Waals surface area contributed by atoms with Gasteiger partial charge in [0.25, 0.3) is 5.69 Å². The van der Waals surface area contributed by atoms with E-state index in [0.717, 1.165) is 44.8 Å². The lowest BCUT2D eigenvalue weighted by atomic mass is 9.80. The lowest BCUT2D eigenvalue weighted by molar-refractivity contribution is -0.960. The van der Waals surface area contributed by atoms with Crippen LogP contribution in [0.4, 0.5) is 5.69 Å². The minimum atomic E-state index is -3.87. The van der Waals surface area contributed by atoms with Crippen molar-refractivity contribution in [2.75, 3.05) is 32.8 Å². The minimum Gasteiger partial charge on any atom is -0.370 e. The summed E-state index contributed by atoms with van der Waals surface area (Å²) in [5, 5.41) is 11.0. The molecule has 8 nitrogen and oxygen atoms in total. The Bertz CT molecular complexity index is 790. The van der Waals surface area contributed by atoms with Crippen LogP contribution < -0.4 is 9.62 Å². The molecule has 150 valence electrons. The molecule has 0 amide bonds. The number of halogens is 1. The fourth-order valence-electron chi connectivity index (χ4n) is 4.15. The van der Waals surface area contributed by atoms with Gasteiger partial charge in [-0.25, -0.2) is 13.1 Å². The van der Waals surface area contributed by atoms with Crippen LogP contribution >= 0.6 is 11.6 Å². The monoisotopic (exact) mass is 418 g/mol. The Hall–Kier alpha value is -1.26. The van der Waals surface area contributed by atoms with E-state index in [1.54, 1.807) is 0 Å². The van der Waals surface area contributed by atoms with Gasteiger partial charge in [0.05, 0.1) is 29.6 Å². The van der Waals surface area contributed by atoms with Crippen LogP contribution in [0.15, 0.2) is 23.1 Å². The SMILES string of the molecule is O=[N+]([O-])c1cc(S(=O)(=O)NCC2([NH+]3CCOCC3)CCCCC2)ccc1Cl. The molecule has 1 aromatic carbocycles. The van der Waals surface area contributed by atoms with Crippen molar-refractivity contribution in [2.24, 2.45) is 0 Å². The number of nitrogens with one attached hydrogen (secondary N) is 2. The Morgan fingerprint density at radius 1 is 1.22 bits per heavy atom. The normalized spacial score (nSPS) is 21.1. The zero-order valence-electron chi connectivity index (χ0n) is 15.1. The Morgan fingerprint density at radius 3 is 2.52 bits per heavy atom. The van der Waals surface area contributed by atoms with Crippen LogP contribution in [-0.4, -0.2) is 51.7 Å². The summed E-state index contributed by atoms with van der Waals surface area (Å²) in [6.45, 7) is 3.43.